The molecule has 3 rings (SSSR count). The van der Waals surface area contributed by atoms with Gasteiger partial charge in [-0.1, -0.05) is 58.7 Å². The topological polar surface area (TPSA) is 78.6 Å². The predicted molar refractivity (Wildman–Crippen MR) is 132 cm³/mol. The van der Waals surface area contributed by atoms with Gasteiger partial charge in [0.25, 0.3) is 0 Å². The van der Waals surface area contributed by atoms with Crippen molar-refractivity contribution in [2.24, 2.45) is 0 Å². The number of aliphatic hydroxyl groups is 1. The smallest absolute Gasteiger partial charge is 0.407 e. The summed E-state index contributed by atoms with van der Waals surface area (Å²) in [6.45, 7) is 7.00. The average molecular weight is 600 g/mol. The molecule has 2 N–H and O–H groups in total. The second-order valence-electron chi connectivity index (χ2n) is 9.48. The summed E-state index contributed by atoms with van der Waals surface area (Å²) in [5.41, 5.74) is 0.604. The molecular formula is C25H36Br2N4O3. The van der Waals surface area contributed by atoms with Gasteiger partial charge in [0.1, 0.15) is 11.8 Å². The van der Waals surface area contributed by atoms with Crippen molar-refractivity contribution in [3.63, 3.8) is 0 Å². The van der Waals surface area contributed by atoms with E-state index in [9.17, 15) is 9.90 Å². The Morgan fingerprint density at radius 2 is 1.79 bits per heavy atom. The van der Waals surface area contributed by atoms with Gasteiger partial charge >= 0.3 is 12.0 Å². The van der Waals surface area contributed by atoms with Crippen LogP contribution in [-0.4, -0.2) is 41.1 Å². The third kappa shape index (κ3) is 8.20. The molecule has 1 amide bonds. The largest absolute Gasteiger partial charge is 1.00 e. The van der Waals surface area contributed by atoms with Crippen molar-refractivity contribution >= 4 is 28.0 Å². The van der Waals surface area contributed by atoms with E-state index >= 15 is 0 Å². The Morgan fingerprint density at radius 1 is 1.15 bits per heavy atom. The summed E-state index contributed by atoms with van der Waals surface area (Å²) in [6, 6.07) is 9.84. The molecule has 7 nitrogen and oxygen atoms in total. The lowest BCUT2D eigenvalue weighted by Gasteiger charge is -2.19. The molecule has 0 aliphatic carbocycles. The van der Waals surface area contributed by atoms with E-state index in [1.54, 1.807) is 6.20 Å². The van der Waals surface area contributed by atoms with E-state index in [-0.39, 0.29) is 29.1 Å². The second kappa shape index (κ2) is 13.4. The van der Waals surface area contributed by atoms with E-state index in [0.29, 0.717) is 6.54 Å². The van der Waals surface area contributed by atoms with Crippen LogP contribution in [0.5, 0.6) is 0 Å². The van der Waals surface area contributed by atoms with Crippen LogP contribution in [0.2, 0.25) is 0 Å². The number of carbonyl (C=O) groups is 1. The first-order chi connectivity index (χ1) is 15.8. The van der Waals surface area contributed by atoms with E-state index in [0.717, 1.165) is 61.1 Å². The van der Waals surface area contributed by atoms with Crippen molar-refractivity contribution in [1.82, 2.24) is 10.3 Å². The van der Waals surface area contributed by atoms with E-state index in [2.05, 4.69) is 30.8 Å². The first-order valence-electron chi connectivity index (χ1n) is 11.8. The van der Waals surface area contributed by atoms with Crippen molar-refractivity contribution in [3.05, 3.63) is 52.8 Å². The fourth-order valence-electron chi connectivity index (χ4n) is 4.09. The zero-order valence-electron chi connectivity index (χ0n) is 20.2. The fraction of sp³-hybridized carbons (Fsp3) is 0.560. The Labute approximate surface area is 221 Å². The SMILES string of the molecule is CC(C)(C)OC(=O)NCCCCCCCCN1c2nccc[n+]2C(c2ccc(Br)cc2)C1O.[Br-]. The Hall–Kier alpha value is -1.71. The van der Waals surface area contributed by atoms with Crippen LogP contribution in [0.1, 0.15) is 70.9 Å². The van der Waals surface area contributed by atoms with Crippen molar-refractivity contribution in [2.75, 3.05) is 18.0 Å². The molecule has 0 bridgehead atoms. The number of ether oxygens (including phenoxy) is 1. The first kappa shape index (κ1) is 28.5. The molecule has 0 spiro atoms. The second-order valence-corrected chi connectivity index (χ2v) is 10.4. The molecule has 2 unspecified atom stereocenters. The molecule has 188 valence electrons. The highest BCUT2D eigenvalue weighted by Crippen LogP contribution is 2.30. The third-order valence-electron chi connectivity index (χ3n) is 5.62. The van der Waals surface area contributed by atoms with Gasteiger partial charge < -0.3 is 32.1 Å². The number of hydrogen-bond acceptors (Lipinski definition) is 5. The summed E-state index contributed by atoms with van der Waals surface area (Å²) < 4.78 is 8.32. The Kier molecular flexibility index (Phi) is 11.2. The first-order valence-corrected chi connectivity index (χ1v) is 12.6. The van der Waals surface area contributed by atoms with Gasteiger partial charge in [0.2, 0.25) is 6.23 Å². The summed E-state index contributed by atoms with van der Waals surface area (Å²) in [6.07, 6.45) is 9.17. The zero-order chi connectivity index (χ0) is 23.8. The van der Waals surface area contributed by atoms with Crippen LogP contribution in [0, 0.1) is 0 Å². The summed E-state index contributed by atoms with van der Waals surface area (Å²) in [7, 11) is 0. The Bertz CT molecular complexity index is 906. The minimum atomic E-state index is -0.639. The molecule has 2 aromatic rings. The van der Waals surface area contributed by atoms with E-state index in [1.165, 1.54) is 0 Å². The number of carbonyl (C=O) groups excluding carboxylic acids is 1. The standard InChI is InChI=1S/C25H35BrN4O3.BrH/c1-25(2,3)33-24(32)28-15-8-6-4-5-7-9-17-30-22(31)21(19-11-13-20(26)14-12-19)29-18-10-16-27-23(29)30;/h10-14,16,18,21-22,31H,4-9,15,17H2,1-3H3;1H. The van der Waals surface area contributed by atoms with Gasteiger partial charge in [-0.25, -0.2) is 14.3 Å². The number of anilines is 1. The van der Waals surface area contributed by atoms with Crippen LogP contribution in [-0.2, 0) is 4.74 Å². The molecule has 1 aromatic carbocycles. The number of benzene rings is 1. The Balaban J connectivity index is 0.00000408. The monoisotopic (exact) mass is 598 g/mol. The maximum atomic E-state index is 11.6. The normalized spacial score (nSPS) is 17.1. The molecule has 0 saturated heterocycles. The molecule has 1 aliphatic heterocycles. The number of nitrogens with one attached hydrogen (secondary N) is 1. The van der Waals surface area contributed by atoms with Crippen LogP contribution < -0.4 is 31.8 Å². The average Bonchev–Trinajstić information content (AvgIpc) is 3.03. The highest BCUT2D eigenvalue weighted by atomic mass is 79.9. The zero-order valence-corrected chi connectivity index (χ0v) is 23.4. The highest BCUT2D eigenvalue weighted by molar-refractivity contribution is 9.10. The van der Waals surface area contributed by atoms with Gasteiger partial charge in [-0.05, 0) is 51.3 Å². The van der Waals surface area contributed by atoms with Crippen molar-refractivity contribution in [1.29, 1.82) is 0 Å². The van der Waals surface area contributed by atoms with Crippen LogP contribution >= 0.6 is 15.9 Å². The lowest BCUT2D eigenvalue weighted by molar-refractivity contribution is -0.697. The van der Waals surface area contributed by atoms with Gasteiger partial charge in [-0.2, -0.15) is 0 Å². The van der Waals surface area contributed by atoms with Crippen LogP contribution in [0.4, 0.5) is 10.7 Å². The quantitative estimate of drug-likeness (QED) is 0.321. The number of amides is 1. The minimum Gasteiger partial charge on any atom is -1.00 e. The third-order valence-corrected chi connectivity index (χ3v) is 6.15. The fourth-order valence-corrected chi connectivity index (χ4v) is 4.35. The van der Waals surface area contributed by atoms with Crippen LogP contribution in [0.3, 0.4) is 0 Å². The van der Waals surface area contributed by atoms with Crippen molar-refractivity contribution in [3.8, 4) is 0 Å². The molecular weight excluding hydrogens is 564 g/mol. The lowest BCUT2D eigenvalue weighted by atomic mass is 10.1. The van der Waals surface area contributed by atoms with Crippen molar-refractivity contribution in [2.45, 2.75) is 77.2 Å². The number of fused-ring (bicyclic) bond motifs is 1. The van der Waals surface area contributed by atoms with E-state index < -0.39 is 11.8 Å². The maximum absolute atomic E-state index is 11.6. The number of hydrogen-bond donors (Lipinski definition) is 2. The molecule has 34 heavy (non-hydrogen) atoms. The molecule has 2 atom stereocenters. The number of halogens is 2. The maximum Gasteiger partial charge on any atom is 0.407 e. The van der Waals surface area contributed by atoms with Crippen LogP contribution in [0.15, 0.2) is 47.2 Å². The number of alkyl carbamates (subject to hydrolysis) is 1. The predicted octanol–water partition coefficient (Wildman–Crippen LogP) is 1.73. The summed E-state index contributed by atoms with van der Waals surface area (Å²) in [4.78, 5) is 18.2. The molecule has 0 saturated carbocycles. The highest BCUT2D eigenvalue weighted by Gasteiger charge is 2.45. The van der Waals surface area contributed by atoms with Gasteiger partial charge in [-0.15, -0.1) is 0 Å². The Morgan fingerprint density at radius 3 is 2.47 bits per heavy atom. The molecule has 9 heteroatoms. The molecule has 1 aromatic heterocycles. The van der Waals surface area contributed by atoms with E-state index in [1.807, 2.05) is 62.2 Å². The van der Waals surface area contributed by atoms with Gasteiger partial charge in [0.15, 0.2) is 6.04 Å². The van der Waals surface area contributed by atoms with Gasteiger partial charge in [0.05, 0.1) is 12.7 Å². The molecule has 0 radical (unpaired) electrons. The van der Waals surface area contributed by atoms with Gasteiger partial charge in [0, 0.05) is 17.1 Å². The summed E-state index contributed by atoms with van der Waals surface area (Å²) >= 11 is 3.48. The van der Waals surface area contributed by atoms with E-state index in [4.69, 9.17) is 4.74 Å². The number of unbranched alkanes of at least 4 members (excludes halogenated alkanes) is 5. The number of rotatable bonds is 10. The minimum absolute atomic E-state index is 0. The molecule has 1 aliphatic rings. The van der Waals surface area contributed by atoms with Crippen molar-refractivity contribution < 1.29 is 36.2 Å². The molecule has 0 fully saturated rings. The summed E-state index contributed by atoms with van der Waals surface area (Å²) in [5.74, 6) is 0.811. The number of aliphatic hydroxyl groups excluding tert-OH is 1. The van der Waals surface area contributed by atoms with Gasteiger partial charge in [-0.3, -0.25) is 0 Å². The lowest BCUT2D eigenvalue weighted by Crippen LogP contribution is -3.00. The number of aromatic nitrogens is 2. The number of nitrogens with zero attached hydrogens (tertiary/aromatic N) is 3. The molecule has 2 heterocycles. The summed E-state index contributed by atoms with van der Waals surface area (Å²) in [5, 5.41) is 13.9. The van der Waals surface area contributed by atoms with Crippen LogP contribution in [0.25, 0.3) is 0 Å².